The molecule has 0 saturated carbocycles. The van der Waals surface area contributed by atoms with E-state index in [1.807, 2.05) is 12.1 Å². The molecule has 0 aliphatic carbocycles. The minimum Gasteiger partial charge on any atom is -0.258 e. The van der Waals surface area contributed by atoms with E-state index in [-0.39, 0.29) is 11.4 Å². The zero-order valence-electron chi connectivity index (χ0n) is 15.4. The smallest absolute Gasteiger partial charge is 0.258 e. The van der Waals surface area contributed by atoms with Gasteiger partial charge in [-0.3, -0.25) is 30.2 Å². The summed E-state index contributed by atoms with van der Waals surface area (Å²) in [5.74, 6) is 0. The van der Waals surface area contributed by atoms with Crippen LogP contribution in [0.25, 0.3) is 33.9 Å². The Balaban J connectivity index is 1.96. The van der Waals surface area contributed by atoms with Crippen molar-refractivity contribution in [2.75, 3.05) is 0 Å². The van der Waals surface area contributed by atoms with Gasteiger partial charge in [0.25, 0.3) is 11.4 Å². The van der Waals surface area contributed by atoms with Crippen molar-refractivity contribution in [2.24, 2.45) is 0 Å². The first kappa shape index (κ1) is 18.8. The third-order valence-corrected chi connectivity index (χ3v) is 4.34. The molecule has 0 atom stereocenters. The van der Waals surface area contributed by atoms with Crippen molar-refractivity contribution in [1.82, 2.24) is 15.0 Å². The Labute approximate surface area is 170 Å². The molecule has 0 saturated heterocycles. The van der Waals surface area contributed by atoms with E-state index in [1.165, 1.54) is 12.1 Å². The van der Waals surface area contributed by atoms with Crippen molar-refractivity contribution < 1.29 is 9.85 Å². The van der Waals surface area contributed by atoms with E-state index in [4.69, 9.17) is 0 Å². The fraction of sp³-hybridized carbons (Fsp3) is 0. The van der Waals surface area contributed by atoms with Gasteiger partial charge < -0.3 is 0 Å². The highest BCUT2D eigenvalue weighted by Gasteiger charge is 2.19. The second-order valence-electron chi connectivity index (χ2n) is 6.31. The van der Waals surface area contributed by atoms with Crippen LogP contribution in [0.15, 0.2) is 79.1 Å². The lowest BCUT2D eigenvalue weighted by molar-refractivity contribution is -0.394. The van der Waals surface area contributed by atoms with Crippen molar-refractivity contribution in [3.05, 3.63) is 99.4 Å². The predicted molar refractivity (Wildman–Crippen MR) is 109 cm³/mol. The Bertz CT molecular complexity index is 1160. The number of nitro groups is 2. The van der Waals surface area contributed by atoms with E-state index < -0.39 is 9.85 Å². The highest BCUT2D eigenvalue weighted by Crippen LogP contribution is 2.33. The van der Waals surface area contributed by atoms with Crippen molar-refractivity contribution in [3.8, 4) is 33.9 Å². The van der Waals surface area contributed by atoms with Crippen LogP contribution >= 0.6 is 0 Å². The molecule has 0 aliphatic rings. The van der Waals surface area contributed by atoms with Gasteiger partial charge in [0, 0.05) is 24.5 Å². The van der Waals surface area contributed by atoms with E-state index in [0.29, 0.717) is 33.9 Å². The van der Waals surface area contributed by atoms with E-state index in [2.05, 4.69) is 15.0 Å². The second kappa shape index (κ2) is 7.84. The zero-order valence-corrected chi connectivity index (χ0v) is 15.4. The summed E-state index contributed by atoms with van der Waals surface area (Å²) in [6.45, 7) is 0. The maximum absolute atomic E-state index is 11.3. The van der Waals surface area contributed by atoms with Crippen LogP contribution in [0.1, 0.15) is 0 Å². The molecule has 0 unspecified atom stereocenters. The van der Waals surface area contributed by atoms with Crippen molar-refractivity contribution in [2.45, 2.75) is 0 Å². The molecule has 9 heteroatoms. The van der Waals surface area contributed by atoms with E-state index >= 15 is 0 Å². The summed E-state index contributed by atoms with van der Waals surface area (Å²) in [7, 11) is 0. The third kappa shape index (κ3) is 3.85. The van der Waals surface area contributed by atoms with Crippen LogP contribution in [0.5, 0.6) is 0 Å². The predicted octanol–water partition coefficient (Wildman–Crippen LogP) is 4.69. The number of non-ortho nitro benzene ring substituents is 2. The number of nitro benzene ring substituents is 2. The first-order valence-electron chi connectivity index (χ1n) is 8.80. The minimum atomic E-state index is -0.656. The van der Waals surface area contributed by atoms with Crippen LogP contribution in [-0.2, 0) is 0 Å². The van der Waals surface area contributed by atoms with Gasteiger partial charge in [-0.1, -0.05) is 12.1 Å². The van der Waals surface area contributed by atoms with Crippen molar-refractivity contribution >= 4 is 11.4 Å². The lowest BCUT2D eigenvalue weighted by Gasteiger charge is -2.09. The van der Waals surface area contributed by atoms with Crippen LogP contribution in [0.4, 0.5) is 11.4 Å². The topological polar surface area (TPSA) is 125 Å². The Morgan fingerprint density at radius 2 is 1.07 bits per heavy atom. The van der Waals surface area contributed by atoms with Crippen molar-refractivity contribution in [1.29, 1.82) is 0 Å². The van der Waals surface area contributed by atoms with Gasteiger partial charge >= 0.3 is 0 Å². The van der Waals surface area contributed by atoms with E-state index in [0.717, 1.165) is 6.07 Å². The molecule has 30 heavy (non-hydrogen) atoms. The molecule has 146 valence electrons. The number of rotatable bonds is 5. The molecule has 0 N–H and O–H groups in total. The molecule has 3 heterocycles. The quantitative estimate of drug-likeness (QED) is 0.352. The molecule has 0 radical (unpaired) electrons. The van der Waals surface area contributed by atoms with Crippen LogP contribution in [-0.4, -0.2) is 24.8 Å². The van der Waals surface area contributed by atoms with Gasteiger partial charge in [0.15, 0.2) is 0 Å². The summed E-state index contributed by atoms with van der Waals surface area (Å²) >= 11 is 0. The molecule has 3 aromatic heterocycles. The molecule has 9 nitrogen and oxygen atoms in total. The number of pyridine rings is 3. The van der Waals surface area contributed by atoms with Gasteiger partial charge in [0.1, 0.15) is 0 Å². The average molecular weight is 399 g/mol. The molecule has 0 bridgehead atoms. The first-order chi connectivity index (χ1) is 14.5. The van der Waals surface area contributed by atoms with Crippen LogP contribution in [0, 0.1) is 20.2 Å². The summed E-state index contributed by atoms with van der Waals surface area (Å²) in [4.78, 5) is 34.5. The largest absolute Gasteiger partial charge is 0.276 e. The number of hydrogen-bond donors (Lipinski definition) is 0. The SMILES string of the molecule is O=[N+]([O-])c1cc(-c2cc(-c3ccccn3)nc(-c3ccccn3)c2)cc([N+](=O)[O-])c1. The maximum Gasteiger partial charge on any atom is 0.276 e. The lowest BCUT2D eigenvalue weighted by atomic mass is 10.0. The first-order valence-corrected chi connectivity index (χ1v) is 8.80. The highest BCUT2D eigenvalue weighted by atomic mass is 16.6. The normalized spacial score (nSPS) is 10.5. The molecule has 1 aromatic carbocycles. The summed E-state index contributed by atoms with van der Waals surface area (Å²) in [6.07, 6.45) is 3.25. The molecule has 4 rings (SSSR count). The summed E-state index contributed by atoms with van der Waals surface area (Å²) < 4.78 is 0. The Hall–Kier alpha value is -4.53. The van der Waals surface area contributed by atoms with Gasteiger partial charge in [0.05, 0.1) is 38.7 Å². The Kier molecular flexibility index (Phi) is 4.92. The number of aromatic nitrogens is 3. The average Bonchev–Trinajstić information content (AvgIpc) is 2.79. The highest BCUT2D eigenvalue weighted by molar-refractivity contribution is 5.77. The van der Waals surface area contributed by atoms with Crippen LogP contribution in [0.2, 0.25) is 0 Å². The number of benzene rings is 1. The van der Waals surface area contributed by atoms with Gasteiger partial charge in [-0.2, -0.15) is 0 Å². The molecular weight excluding hydrogens is 386 g/mol. The number of nitrogens with zero attached hydrogens (tertiary/aromatic N) is 5. The zero-order chi connectivity index (χ0) is 21.1. The van der Waals surface area contributed by atoms with Gasteiger partial charge in [0.2, 0.25) is 0 Å². The standard InChI is InChI=1S/C21H13N5O4/c27-25(28)16-9-14(10-17(13-16)26(29)30)15-11-20(18-5-1-3-7-22-18)24-21(12-15)19-6-2-4-8-23-19/h1-13H. The van der Waals surface area contributed by atoms with Gasteiger partial charge in [-0.15, -0.1) is 0 Å². The van der Waals surface area contributed by atoms with Gasteiger partial charge in [-0.25, -0.2) is 4.98 Å². The lowest BCUT2D eigenvalue weighted by Crippen LogP contribution is -1.96. The molecule has 0 spiro atoms. The molecule has 0 amide bonds. The molecule has 4 aromatic rings. The Morgan fingerprint density at radius 1 is 0.600 bits per heavy atom. The maximum atomic E-state index is 11.3. The summed E-state index contributed by atoms with van der Waals surface area (Å²) in [6, 6.07) is 17.7. The third-order valence-electron chi connectivity index (χ3n) is 4.34. The number of hydrogen-bond acceptors (Lipinski definition) is 7. The monoisotopic (exact) mass is 399 g/mol. The fourth-order valence-electron chi connectivity index (χ4n) is 2.96. The summed E-state index contributed by atoms with van der Waals surface area (Å²) in [5, 5.41) is 22.6. The fourth-order valence-corrected chi connectivity index (χ4v) is 2.96. The van der Waals surface area contributed by atoms with E-state index in [1.54, 1.807) is 48.8 Å². The second-order valence-corrected chi connectivity index (χ2v) is 6.31. The van der Waals surface area contributed by atoms with Crippen LogP contribution < -0.4 is 0 Å². The molecule has 0 fully saturated rings. The van der Waals surface area contributed by atoms with Crippen LogP contribution in [0.3, 0.4) is 0 Å². The van der Waals surface area contributed by atoms with Gasteiger partial charge in [-0.05, 0) is 47.5 Å². The van der Waals surface area contributed by atoms with E-state index in [9.17, 15) is 20.2 Å². The Morgan fingerprint density at radius 3 is 1.47 bits per heavy atom. The molecule has 0 aliphatic heterocycles. The van der Waals surface area contributed by atoms with Crippen molar-refractivity contribution in [3.63, 3.8) is 0 Å². The summed E-state index contributed by atoms with van der Waals surface area (Å²) in [5.41, 5.74) is 2.34. The minimum absolute atomic E-state index is 0.327. The molecular formula is C21H13N5O4.